The number of rotatable bonds is 3. The van der Waals surface area contributed by atoms with Crippen LogP contribution in [0.3, 0.4) is 0 Å². The quantitative estimate of drug-likeness (QED) is 0.758. The van der Waals surface area contributed by atoms with Crippen molar-refractivity contribution in [1.29, 1.82) is 0 Å². The summed E-state index contributed by atoms with van der Waals surface area (Å²) in [6.45, 7) is 0.319. The van der Waals surface area contributed by atoms with E-state index in [0.717, 1.165) is 24.8 Å². The molecule has 0 aromatic carbocycles. The molecule has 5 heteroatoms. The Balaban J connectivity index is 1.99. The summed E-state index contributed by atoms with van der Waals surface area (Å²) in [7, 11) is 0. The zero-order chi connectivity index (χ0) is 13.2. The Morgan fingerprint density at radius 3 is 2.61 bits per heavy atom. The molecule has 0 N–H and O–H groups in total. The van der Waals surface area contributed by atoms with Gasteiger partial charge in [0.15, 0.2) is 5.78 Å². The molecule has 0 aliphatic heterocycles. The third kappa shape index (κ3) is 3.37. The van der Waals surface area contributed by atoms with Gasteiger partial charge in [0.2, 0.25) is 0 Å². The van der Waals surface area contributed by atoms with E-state index in [-0.39, 0.29) is 12.2 Å². The SMILES string of the molecule is O=C1CCCCc2cn(CCCC(F)(F)F)cc21. The number of nitrogens with zero attached hydrogens (tertiary/aromatic N) is 1. The van der Waals surface area contributed by atoms with Gasteiger partial charge in [-0.15, -0.1) is 0 Å². The fraction of sp³-hybridized carbons (Fsp3) is 0.615. The molecule has 100 valence electrons. The second-order valence-electron chi connectivity index (χ2n) is 4.78. The van der Waals surface area contributed by atoms with Crippen molar-refractivity contribution in [3.8, 4) is 0 Å². The number of halogens is 3. The summed E-state index contributed by atoms with van der Waals surface area (Å²) in [5, 5.41) is 0. The number of alkyl halides is 3. The first kappa shape index (κ1) is 13.2. The fourth-order valence-corrected chi connectivity index (χ4v) is 2.33. The van der Waals surface area contributed by atoms with Gasteiger partial charge in [-0.2, -0.15) is 13.2 Å². The molecule has 1 heterocycles. The van der Waals surface area contributed by atoms with Crippen molar-refractivity contribution < 1.29 is 18.0 Å². The average Bonchev–Trinajstić information content (AvgIpc) is 2.58. The average molecular weight is 259 g/mol. The number of hydrogen-bond donors (Lipinski definition) is 0. The Morgan fingerprint density at radius 2 is 1.89 bits per heavy atom. The molecule has 1 aromatic rings. The van der Waals surface area contributed by atoms with Crippen LogP contribution in [0.1, 0.15) is 48.0 Å². The molecule has 1 aliphatic rings. The first-order valence-corrected chi connectivity index (χ1v) is 6.24. The predicted molar refractivity (Wildman–Crippen MR) is 61.6 cm³/mol. The molecule has 0 saturated carbocycles. The van der Waals surface area contributed by atoms with E-state index in [0.29, 0.717) is 18.5 Å². The second-order valence-corrected chi connectivity index (χ2v) is 4.78. The highest BCUT2D eigenvalue weighted by atomic mass is 19.4. The highest BCUT2D eigenvalue weighted by Crippen LogP contribution is 2.24. The molecule has 1 aromatic heterocycles. The molecule has 1 aliphatic carbocycles. The smallest absolute Gasteiger partial charge is 0.353 e. The van der Waals surface area contributed by atoms with Gasteiger partial charge in [0.05, 0.1) is 0 Å². The molecule has 18 heavy (non-hydrogen) atoms. The van der Waals surface area contributed by atoms with Gasteiger partial charge in [0.1, 0.15) is 0 Å². The van der Waals surface area contributed by atoms with E-state index in [9.17, 15) is 18.0 Å². The summed E-state index contributed by atoms with van der Waals surface area (Å²) in [5.41, 5.74) is 1.70. The van der Waals surface area contributed by atoms with Gasteiger partial charge in [-0.25, -0.2) is 0 Å². The third-order valence-corrected chi connectivity index (χ3v) is 3.24. The number of carbonyl (C=O) groups excluding carboxylic acids is 1. The molecule has 0 amide bonds. The molecule has 0 unspecified atom stereocenters. The maximum Gasteiger partial charge on any atom is 0.389 e. The minimum atomic E-state index is -4.10. The summed E-state index contributed by atoms with van der Waals surface area (Å²) < 4.78 is 37.8. The Morgan fingerprint density at radius 1 is 1.17 bits per heavy atom. The molecule has 2 rings (SSSR count). The predicted octanol–water partition coefficient (Wildman–Crippen LogP) is 3.74. The number of carbonyl (C=O) groups is 1. The van der Waals surface area contributed by atoms with Gasteiger partial charge in [-0.3, -0.25) is 4.79 Å². The lowest BCUT2D eigenvalue weighted by Gasteiger charge is -2.06. The number of fused-ring (bicyclic) bond motifs is 1. The van der Waals surface area contributed by atoms with Crippen molar-refractivity contribution in [3.63, 3.8) is 0 Å². The Labute approximate surface area is 104 Å². The lowest BCUT2D eigenvalue weighted by Crippen LogP contribution is -2.08. The normalized spacial score (nSPS) is 16.5. The van der Waals surface area contributed by atoms with Crippen LogP contribution >= 0.6 is 0 Å². The minimum Gasteiger partial charge on any atom is -0.353 e. The Bertz CT molecular complexity index is 434. The van der Waals surface area contributed by atoms with Crippen LogP contribution in [0.25, 0.3) is 0 Å². The van der Waals surface area contributed by atoms with Gasteiger partial charge in [-0.05, 0) is 31.2 Å². The molecule has 0 bridgehead atoms. The minimum absolute atomic E-state index is 0.0608. The molecule has 0 spiro atoms. The van der Waals surface area contributed by atoms with Crippen molar-refractivity contribution in [1.82, 2.24) is 4.57 Å². The summed E-state index contributed by atoms with van der Waals surface area (Å²) in [5.74, 6) is 0.122. The summed E-state index contributed by atoms with van der Waals surface area (Å²) >= 11 is 0. The first-order valence-electron chi connectivity index (χ1n) is 6.24. The van der Waals surface area contributed by atoms with Crippen molar-refractivity contribution >= 4 is 5.78 Å². The number of ketones is 1. The maximum atomic E-state index is 12.0. The highest BCUT2D eigenvalue weighted by Gasteiger charge is 2.26. The van der Waals surface area contributed by atoms with Crippen LogP contribution in [0.15, 0.2) is 12.4 Å². The fourth-order valence-electron chi connectivity index (χ4n) is 2.33. The van der Waals surface area contributed by atoms with Gasteiger partial charge in [0, 0.05) is 37.3 Å². The van der Waals surface area contributed by atoms with Crippen LogP contribution in [0.2, 0.25) is 0 Å². The molecule has 2 nitrogen and oxygen atoms in total. The van der Waals surface area contributed by atoms with Crippen LogP contribution in [0.4, 0.5) is 13.2 Å². The lowest BCUT2D eigenvalue weighted by atomic mass is 10.1. The number of hydrogen-bond acceptors (Lipinski definition) is 1. The van der Waals surface area contributed by atoms with Crippen molar-refractivity contribution in [2.24, 2.45) is 0 Å². The van der Waals surface area contributed by atoms with Gasteiger partial charge >= 0.3 is 6.18 Å². The van der Waals surface area contributed by atoms with Crippen molar-refractivity contribution in [3.05, 3.63) is 23.5 Å². The number of aryl methyl sites for hydroxylation is 2. The molecule has 0 saturated heterocycles. The monoisotopic (exact) mass is 259 g/mol. The van der Waals surface area contributed by atoms with E-state index >= 15 is 0 Å². The lowest BCUT2D eigenvalue weighted by molar-refractivity contribution is -0.135. The number of aromatic nitrogens is 1. The van der Waals surface area contributed by atoms with Gasteiger partial charge < -0.3 is 4.57 Å². The van der Waals surface area contributed by atoms with E-state index in [4.69, 9.17) is 0 Å². The van der Waals surface area contributed by atoms with Gasteiger partial charge in [0.25, 0.3) is 0 Å². The third-order valence-electron chi connectivity index (χ3n) is 3.24. The van der Waals surface area contributed by atoms with E-state index in [1.165, 1.54) is 0 Å². The van der Waals surface area contributed by atoms with Crippen molar-refractivity contribution in [2.75, 3.05) is 0 Å². The van der Waals surface area contributed by atoms with Crippen LogP contribution in [0.5, 0.6) is 0 Å². The Hall–Kier alpha value is -1.26. The van der Waals surface area contributed by atoms with Gasteiger partial charge in [-0.1, -0.05) is 0 Å². The summed E-state index contributed by atoms with van der Waals surface area (Å²) in [6.07, 6.45) is 2.02. The molecule has 0 atom stereocenters. The summed E-state index contributed by atoms with van der Waals surface area (Å²) in [4.78, 5) is 11.8. The van der Waals surface area contributed by atoms with E-state index in [1.54, 1.807) is 10.8 Å². The standard InChI is InChI=1S/C13H16F3NO/c14-13(15,16)6-3-7-17-8-10-4-1-2-5-12(18)11(10)9-17/h8-9H,1-7H2. The van der Waals surface area contributed by atoms with E-state index in [2.05, 4.69) is 0 Å². The summed E-state index contributed by atoms with van der Waals surface area (Å²) in [6, 6.07) is 0. The zero-order valence-electron chi connectivity index (χ0n) is 10.1. The van der Waals surface area contributed by atoms with Crippen LogP contribution in [0, 0.1) is 0 Å². The van der Waals surface area contributed by atoms with Crippen LogP contribution < -0.4 is 0 Å². The topological polar surface area (TPSA) is 22.0 Å². The molecule has 0 fully saturated rings. The Kier molecular flexibility index (Phi) is 3.78. The van der Waals surface area contributed by atoms with E-state index in [1.807, 2.05) is 6.20 Å². The molecular formula is C13H16F3NO. The van der Waals surface area contributed by atoms with Crippen LogP contribution in [-0.4, -0.2) is 16.5 Å². The number of Topliss-reactive ketones (excluding diaryl/α,β-unsaturated/α-hetero) is 1. The largest absolute Gasteiger partial charge is 0.389 e. The second kappa shape index (κ2) is 5.16. The highest BCUT2D eigenvalue weighted by molar-refractivity contribution is 5.97. The zero-order valence-corrected chi connectivity index (χ0v) is 10.1. The maximum absolute atomic E-state index is 12.0. The molecule has 0 radical (unpaired) electrons. The molecular weight excluding hydrogens is 243 g/mol. The van der Waals surface area contributed by atoms with Crippen LogP contribution in [-0.2, 0) is 13.0 Å². The van der Waals surface area contributed by atoms with E-state index < -0.39 is 12.6 Å². The first-order chi connectivity index (χ1) is 8.46. The van der Waals surface area contributed by atoms with Crippen molar-refractivity contribution in [2.45, 2.75) is 51.2 Å².